The molecule has 10 heavy (non-hydrogen) atoms. The van der Waals surface area contributed by atoms with Gasteiger partial charge in [-0.25, -0.2) is 0 Å². The van der Waals surface area contributed by atoms with Gasteiger partial charge >= 0.3 is 5.70 Å². The summed E-state index contributed by atoms with van der Waals surface area (Å²) in [6.45, 7) is 3.09. The lowest BCUT2D eigenvalue weighted by molar-refractivity contribution is -0.419. The van der Waals surface area contributed by atoms with Gasteiger partial charge in [0.15, 0.2) is 4.49 Å². The van der Waals surface area contributed by atoms with Crippen LogP contribution >= 0.6 is 34.8 Å². The lowest BCUT2D eigenvalue weighted by atomic mass is 10.5. The summed E-state index contributed by atoms with van der Waals surface area (Å²) in [5.41, 5.74) is -0.565. The van der Waals surface area contributed by atoms with Crippen molar-refractivity contribution in [3.8, 4) is 0 Å². The van der Waals surface area contributed by atoms with Gasteiger partial charge in [0, 0.05) is 0 Å². The van der Waals surface area contributed by atoms with E-state index < -0.39 is 15.1 Å². The lowest BCUT2D eigenvalue weighted by Gasteiger charge is -1.92. The highest BCUT2D eigenvalue weighted by Crippen LogP contribution is 2.22. The minimum absolute atomic E-state index is 0.287. The number of rotatable bonds is 2. The zero-order chi connectivity index (χ0) is 8.31. The van der Waals surface area contributed by atoms with Crippen LogP contribution in [0.3, 0.4) is 0 Å². The molecule has 0 aliphatic rings. The lowest BCUT2D eigenvalue weighted by Crippen LogP contribution is -1.98. The van der Waals surface area contributed by atoms with Crippen molar-refractivity contribution in [2.45, 2.75) is 0 Å². The molecule has 0 bridgehead atoms. The summed E-state index contributed by atoms with van der Waals surface area (Å²) < 4.78 is -0.495. The number of allylic oxidation sites excluding steroid dienone is 1. The second-order valence-corrected chi connectivity index (χ2v) is 2.68. The molecule has 0 heterocycles. The van der Waals surface area contributed by atoms with Crippen LogP contribution in [-0.4, -0.2) is 4.92 Å². The van der Waals surface area contributed by atoms with Crippen LogP contribution in [0.15, 0.2) is 21.8 Å². The molecule has 0 aromatic carbocycles. The van der Waals surface area contributed by atoms with Crippen LogP contribution in [0.5, 0.6) is 0 Å². The zero-order valence-corrected chi connectivity index (χ0v) is 6.87. The Kier molecular flexibility index (Phi) is 3.71. The normalized spacial score (nSPS) is 8.70. The smallest absolute Gasteiger partial charge is 0.258 e. The third kappa shape index (κ3) is 2.56. The van der Waals surface area contributed by atoms with Crippen molar-refractivity contribution in [2.75, 3.05) is 0 Å². The fourth-order valence-corrected chi connectivity index (χ4v) is 0.897. The molecule has 0 aromatic rings. The number of nitrogens with zero attached hydrogens (tertiary/aromatic N) is 1. The van der Waals surface area contributed by atoms with Gasteiger partial charge in [-0.1, -0.05) is 41.4 Å². The molecular weight excluding hydrogens is 200 g/mol. The van der Waals surface area contributed by atoms with E-state index in [1.807, 2.05) is 0 Å². The first-order valence-electron chi connectivity index (χ1n) is 2.01. The van der Waals surface area contributed by atoms with E-state index in [4.69, 9.17) is 34.8 Å². The Bertz CT molecular complexity index is 191. The predicted molar refractivity (Wildman–Crippen MR) is 40.7 cm³/mol. The van der Waals surface area contributed by atoms with Crippen LogP contribution in [-0.2, 0) is 0 Å². The molecule has 0 atom stereocenters. The van der Waals surface area contributed by atoms with E-state index in [1.165, 1.54) is 0 Å². The summed E-state index contributed by atoms with van der Waals surface area (Å²) in [5.74, 6) is 0. The largest absolute Gasteiger partial charge is 0.317 e. The molecule has 0 N–H and O–H groups in total. The van der Waals surface area contributed by atoms with E-state index >= 15 is 0 Å². The fourth-order valence-electron chi connectivity index (χ4n) is 0.271. The van der Waals surface area contributed by atoms with Crippen LogP contribution in [0.4, 0.5) is 0 Å². The quantitative estimate of drug-likeness (QED) is 0.392. The molecule has 0 aliphatic heterocycles. The molecule has 0 saturated carbocycles. The summed E-state index contributed by atoms with van der Waals surface area (Å²) in [5, 5.41) is 9.73. The van der Waals surface area contributed by atoms with E-state index in [1.54, 1.807) is 0 Å². The second kappa shape index (κ2) is 3.81. The standard InChI is InChI=1S/C4H2Cl3NO2/c1-2(5)3(4(6)7)8(9)10/h1H2. The third-order valence-electron chi connectivity index (χ3n) is 0.619. The topological polar surface area (TPSA) is 43.1 Å². The third-order valence-corrected chi connectivity index (χ3v) is 1.16. The number of hydrogen-bond acceptors (Lipinski definition) is 2. The van der Waals surface area contributed by atoms with Crippen LogP contribution in [0.1, 0.15) is 0 Å². The van der Waals surface area contributed by atoms with Crippen LogP contribution in [0.25, 0.3) is 0 Å². The monoisotopic (exact) mass is 201 g/mol. The molecule has 0 fully saturated rings. The molecular formula is C4H2Cl3NO2. The van der Waals surface area contributed by atoms with E-state index in [0.29, 0.717) is 0 Å². The van der Waals surface area contributed by atoms with Gasteiger partial charge in [0.2, 0.25) is 0 Å². The molecule has 56 valence electrons. The SMILES string of the molecule is C=C(Cl)C(=C(Cl)Cl)[N+](=O)[O-]. The van der Waals surface area contributed by atoms with Crippen LogP contribution < -0.4 is 0 Å². The molecule has 0 spiro atoms. The highest BCUT2D eigenvalue weighted by atomic mass is 35.5. The number of hydrogen-bond donors (Lipinski definition) is 0. The Balaban J connectivity index is 4.79. The van der Waals surface area contributed by atoms with Crippen LogP contribution in [0.2, 0.25) is 0 Å². The van der Waals surface area contributed by atoms with Gasteiger partial charge in [0.05, 0.1) is 4.92 Å². The molecule has 0 aliphatic carbocycles. The molecule has 0 rings (SSSR count). The first-order valence-corrected chi connectivity index (χ1v) is 3.14. The average Bonchev–Trinajstić information content (AvgIpc) is 1.59. The number of halogens is 3. The van der Waals surface area contributed by atoms with E-state index in [0.717, 1.165) is 0 Å². The molecule has 6 heteroatoms. The Hall–Kier alpha value is -0.250. The summed E-state index contributed by atoms with van der Waals surface area (Å²) in [7, 11) is 0. The Labute approximate surface area is 72.0 Å². The highest BCUT2D eigenvalue weighted by Gasteiger charge is 2.17. The van der Waals surface area contributed by atoms with Gasteiger partial charge in [0.25, 0.3) is 0 Å². The van der Waals surface area contributed by atoms with Crippen molar-refractivity contribution in [3.63, 3.8) is 0 Å². The van der Waals surface area contributed by atoms with Crippen LogP contribution in [0, 0.1) is 10.1 Å². The Morgan fingerprint density at radius 2 is 1.80 bits per heavy atom. The van der Waals surface area contributed by atoms with E-state index in [9.17, 15) is 10.1 Å². The van der Waals surface area contributed by atoms with E-state index in [2.05, 4.69) is 6.58 Å². The Morgan fingerprint density at radius 1 is 1.40 bits per heavy atom. The summed E-state index contributed by atoms with van der Waals surface area (Å²) >= 11 is 15.4. The predicted octanol–water partition coefficient (Wildman–Crippen LogP) is 2.66. The van der Waals surface area contributed by atoms with Crippen molar-refractivity contribution in [2.24, 2.45) is 0 Å². The van der Waals surface area contributed by atoms with Gasteiger partial charge in [-0.2, -0.15) is 0 Å². The minimum Gasteiger partial charge on any atom is -0.258 e. The van der Waals surface area contributed by atoms with Crippen molar-refractivity contribution in [3.05, 3.63) is 31.9 Å². The van der Waals surface area contributed by atoms with Gasteiger partial charge in [-0.15, -0.1) is 0 Å². The maximum absolute atomic E-state index is 10.0. The number of nitro groups is 1. The van der Waals surface area contributed by atoms with Gasteiger partial charge < -0.3 is 0 Å². The summed E-state index contributed by atoms with van der Waals surface area (Å²) in [4.78, 5) is 9.22. The summed E-state index contributed by atoms with van der Waals surface area (Å²) in [6.07, 6.45) is 0. The summed E-state index contributed by atoms with van der Waals surface area (Å²) in [6, 6.07) is 0. The first kappa shape index (κ1) is 9.75. The second-order valence-electron chi connectivity index (χ2n) is 1.27. The van der Waals surface area contributed by atoms with Crippen molar-refractivity contribution < 1.29 is 4.92 Å². The Morgan fingerprint density at radius 3 is 1.80 bits per heavy atom. The maximum atomic E-state index is 10.0. The van der Waals surface area contributed by atoms with Crippen molar-refractivity contribution >= 4 is 34.8 Å². The molecule has 0 saturated heterocycles. The molecule has 0 unspecified atom stereocenters. The van der Waals surface area contributed by atoms with Crippen molar-refractivity contribution in [1.29, 1.82) is 0 Å². The molecule has 3 nitrogen and oxygen atoms in total. The maximum Gasteiger partial charge on any atom is 0.317 e. The van der Waals surface area contributed by atoms with E-state index in [-0.39, 0.29) is 5.03 Å². The minimum atomic E-state index is -0.801. The molecule has 0 aromatic heterocycles. The average molecular weight is 202 g/mol. The molecule has 0 radical (unpaired) electrons. The zero-order valence-electron chi connectivity index (χ0n) is 4.60. The van der Waals surface area contributed by atoms with Gasteiger partial charge in [-0.05, 0) is 0 Å². The van der Waals surface area contributed by atoms with Gasteiger partial charge in [-0.3, -0.25) is 10.1 Å². The first-order chi connectivity index (χ1) is 4.46. The van der Waals surface area contributed by atoms with Gasteiger partial charge in [0.1, 0.15) is 5.03 Å². The molecule has 0 amide bonds. The van der Waals surface area contributed by atoms with Crippen molar-refractivity contribution in [1.82, 2.24) is 0 Å². The highest BCUT2D eigenvalue weighted by molar-refractivity contribution is 6.56. The fraction of sp³-hybridized carbons (Fsp3) is 0.